The Kier molecular flexibility index (Phi) is 7.66. The van der Waals surface area contributed by atoms with Gasteiger partial charge in [0.2, 0.25) is 5.91 Å². The fourth-order valence-electron chi connectivity index (χ4n) is 3.25. The van der Waals surface area contributed by atoms with Crippen molar-refractivity contribution >= 4 is 29.4 Å². The van der Waals surface area contributed by atoms with Crippen LogP contribution in [0.15, 0.2) is 18.3 Å². The van der Waals surface area contributed by atoms with Crippen LogP contribution in [0.5, 0.6) is 0 Å². The summed E-state index contributed by atoms with van der Waals surface area (Å²) in [7, 11) is 1.76. The van der Waals surface area contributed by atoms with Gasteiger partial charge in [-0.1, -0.05) is 11.6 Å². The predicted molar refractivity (Wildman–Crippen MR) is 110 cm³/mol. The molecule has 1 aromatic heterocycles. The van der Waals surface area contributed by atoms with Crippen molar-refractivity contribution in [3.63, 3.8) is 0 Å². The zero-order chi connectivity index (χ0) is 20.9. The van der Waals surface area contributed by atoms with Gasteiger partial charge in [0, 0.05) is 26.3 Å². The summed E-state index contributed by atoms with van der Waals surface area (Å²) in [6.07, 6.45) is 3.20. The number of nitrogens with one attached hydrogen (secondary N) is 1. The average Bonchev–Trinajstić information content (AvgIpc) is 2.61. The lowest BCUT2D eigenvalue weighted by atomic mass is 9.96. The van der Waals surface area contributed by atoms with Gasteiger partial charge < -0.3 is 15.0 Å². The number of carbonyl (C=O) groups is 2. The average molecular weight is 411 g/mol. The number of pyridine rings is 1. The summed E-state index contributed by atoms with van der Waals surface area (Å²) in [5.41, 5.74) is -0.508. The summed E-state index contributed by atoms with van der Waals surface area (Å²) < 4.78 is 5.42. The predicted octanol–water partition coefficient (Wildman–Crippen LogP) is 3.64. The van der Waals surface area contributed by atoms with Crippen LogP contribution in [0.1, 0.15) is 40.5 Å². The summed E-state index contributed by atoms with van der Waals surface area (Å²) in [6, 6.07) is 3.09. The number of anilines is 1. The zero-order valence-corrected chi connectivity index (χ0v) is 18.1. The Morgan fingerprint density at radius 3 is 2.75 bits per heavy atom. The molecule has 0 aromatic carbocycles. The minimum atomic E-state index is -0.508. The molecule has 1 aliphatic rings. The lowest BCUT2D eigenvalue weighted by Gasteiger charge is -2.37. The lowest BCUT2D eigenvalue weighted by molar-refractivity contribution is -0.121. The largest absolute Gasteiger partial charge is 0.444 e. The number of amides is 2. The molecule has 1 fully saturated rings. The molecule has 2 amide bonds. The third kappa shape index (κ3) is 6.95. The van der Waals surface area contributed by atoms with Gasteiger partial charge in [-0.15, -0.1) is 0 Å². The van der Waals surface area contributed by atoms with Gasteiger partial charge in [-0.3, -0.25) is 9.69 Å². The first-order valence-corrected chi connectivity index (χ1v) is 10.0. The van der Waals surface area contributed by atoms with Crippen molar-refractivity contribution in [3.05, 3.63) is 23.4 Å². The molecule has 2 atom stereocenters. The van der Waals surface area contributed by atoms with Crippen LogP contribution >= 0.6 is 11.6 Å². The van der Waals surface area contributed by atoms with E-state index in [1.807, 2.05) is 27.7 Å². The van der Waals surface area contributed by atoms with Crippen molar-refractivity contribution in [1.29, 1.82) is 0 Å². The minimum absolute atomic E-state index is 0.101. The topological polar surface area (TPSA) is 74.8 Å². The van der Waals surface area contributed by atoms with Gasteiger partial charge in [0.1, 0.15) is 11.4 Å². The first-order chi connectivity index (χ1) is 13.0. The maximum Gasteiger partial charge on any atom is 0.410 e. The van der Waals surface area contributed by atoms with Gasteiger partial charge in [0.05, 0.1) is 11.1 Å². The molecule has 1 aromatic rings. The number of nitrogens with zero attached hydrogens (tertiary/aromatic N) is 3. The van der Waals surface area contributed by atoms with E-state index in [0.717, 1.165) is 25.9 Å². The molecule has 156 valence electrons. The molecule has 28 heavy (non-hydrogen) atoms. The van der Waals surface area contributed by atoms with E-state index >= 15 is 0 Å². The molecule has 8 heteroatoms. The second kappa shape index (κ2) is 9.56. The maximum absolute atomic E-state index is 12.6. The normalized spacial score (nSPS) is 19.0. The van der Waals surface area contributed by atoms with Crippen molar-refractivity contribution in [3.8, 4) is 0 Å². The molecule has 1 N–H and O–H groups in total. The molecule has 1 aliphatic heterocycles. The Morgan fingerprint density at radius 2 is 2.14 bits per heavy atom. The van der Waals surface area contributed by atoms with Crippen molar-refractivity contribution in [2.45, 2.75) is 52.2 Å². The maximum atomic E-state index is 12.6. The third-order valence-corrected chi connectivity index (χ3v) is 4.92. The second-order valence-electron chi connectivity index (χ2n) is 8.39. The summed E-state index contributed by atoms with van der Waals surface area (Å²) in [5.74, 6) is 0.686. The highest BCUT2D eigenvalue weighted by molar-refractivity contribution is 6.30. The number of rotatable bonds is 5. The van der Waals surface area contributed by atoms with Gasteiger partial charge in [-0.25, -0.2) is 9.78 Å². The number of ether oxygens (including phenoxy) is 1. The van der Waals surface area contributed by atoms with E-state index in [0.29, 0.717) is 23.3 Å². The molecule has 0 saturated carbocycles. The van der Waals surface area contributed by atoms with Crippen LogP contribution in [-0.4, -0.2) is 65.1 Å². The van der Waals surface area contributed by atoms with E-state index in [2.05, 4.69) is 15.2 Å². The van der Waals surface area contributed by atoms with E-state index in [-0.39, 0.29) is 18.0 Å². The third-order valence-electron chi connectivity index (χ3n) is 4.69. The smallest absolute Gasteiger partial charge is 0.410 e. The molecule has 0 aliphatic carbocycles. The highest BCUT2D eigenvalue weighted by Gasteiger charge is 2.29. The molecule has 2 heterocycles. The van der Waals surface area contributed by atoms with Crippen LogP contribution in [0.25, 0.3) is 0 Å². The van der Waals surface area contributed by atoms with Gasteiger partial charge in [0.15, 0.2) is 0 Å². The first-order valence-electron chi connectivity index (χ1n) is 9.66. The SMILES string of the molecule is CC(C(=O)Nc1ccc(Cl)cn1)N1CCCC(CN(C)C(=O)OC(C)(C)C)C1. The van der Waals surface area contributed by atoms with Crippen molar-refractivity contribution in [2.75, 3.05) is 32.0 Å². The monoisotopic (exact) mass is 410 g/mol. The summed E-state index contributed by atoms with van der Waals surface area (Å²) in [5, 5.41) is 3.36. The Hall–Kier alpha value is -1.86. The van der Waals surface area contributed by atoms with E-state index < -0.39 is 5.60 Å². The van der Waals surface area contributed by atoms with Crippen molar-refractivity contribution in [1.82, 2.24) is 14.8 Å². The number of carbonyl (C=O) groups excluding carboxylic acids is 2. The van der Waals surface area contributed by atoms with Gasteiger partial charge in [-0.05, 0) is 65.1 Å². The van der Waals surface area contributed by atoms with E-state index in [1.54, 1.807) is 24.1 Å². The number of hydrogen-bond donors (Lipinski definition) is 1. The zero-order valence-electron chi connectivity index (χ0n) is 17.4. The number of hydrogen-bond acceptors (Lipinski definition) is 5. The van der Waals surface area contributed by atoms with Crippen LogP contribution in [0, 0.1) is 5.92 Å². The Bertz CT molecular complexity index is 675. The first kappa shape index (κ1) is 22.4. The molecule has 7 nitrogen and oxygen atoms in total. The van der Waals surface area contributed by atoms with E-state index in [4.69, 9.17) is 16.3 Å². The van der Waals surface area contributed by atoms with Gasteiger partial charge in [0.25, 0.3) is 0 Å². The molecule has 2 unspecified atom stereocenters. The standard InChI is InChI=1S/C20H31ClN4O3/c1-14(18(26)23-17-9-8-16(21)11-22-17)25-10-6-7-15(13-25)12-24(5)19(27)28-20(2,3)4/h8-9,11,14-15H,6-7,10,12-13H2,1-5H3,(H,22,23,26). The van der Waals surface area contributed by atoms with Crippen molar-refractivity contribution in [2.24, 2.45) is 5.92 Å². The molecule has 0 spiro atoms. The van der Waals surface area contributed by atoms with Crippen LogP contribution in [0.2, 0.25) is 5.02 Å². The molecule has 1 saturated heterocycles. The number of piperidine rings is 1. The Labute approximate surface area is 172 Å². The van der Waals surface area contributed by atoms with E-state index in [9.17, 15) is 9.59 Å². The molecule has 0 radical (unpaired) electrons. The van der Waals surface area contributed by atoms with Crippen LogP contribution in [0.4, 0.5) is 10.6 Å². The fraction of sp³-hybridized carbons (Fsp3) is 0.650. The Balaban J connectivity index is 1.88. The van der Waals surface area contributed by atoms with Crippen LogP contribution in [-0.2, 0) is 9.53 Å². The molecular weight excluding hydrogens is 380 g/mol. The van der Waals surface area contributed by atoms with Gasteiger partial charge in [-0.2, -0.15) is 0 Å². The lowest BCUT2D eigenvalue weighted by Crippen LogP contribution is -2.49. The quantitative estimate of drug-likeness (QED) is 0.802. The summed E-state index contributed by atoms with van der Waals surface area (Å²) >= 11 is 5.83. The molecular formula is C20H31ClN4O3. The highest BCUT2D eigenvalue weighted by atomic mass is 35.5. The second-order valence-corrected chi connectivity index (χ2v) is 8.83. The highest BCUT2D eigenvalue weighted by Crippen LogP contribution is 2.21. The Morgan fingerprint density at radius 1 is 1.43 bits per heavy atom. The van der Waals surface area contributed by atoms with Crippen molar-refractivity contribution < 1.29 is 14.3 Å². The number of halogens is 1. The number of likely N-dealkylation sites (tertiary alicyclic amines) is 1. The minimum Gasteiger partial charge on any atom is -0.444 e. The van der Waals surface area contributed by atoms with Gasteiger partial charge >= 0.3 is 6.09 Å². The summed E-state index contributed by atoms with van der Waals surface area (Å²) in [6.45, 7) is 9.69. The summed E-state index contributed by atoms with van der Waals surface area (Å²) in [4.78, 5) is 32.7. The molecule has 2 rings (SSSR count). The van der Waals surface area contributed by atoms with Crippen LogP contribution in [0.3, 0.4) is 0 Å². The van der Waals surface area contributed by atoms with Crippen LogP contribution < -0.4 is 5.32 Å². The van der Waals surface area contributed by atoms with E-state index in [1.165, 1.54) is 6.20 Å². The fourth-order valence-corrected chi connectivity index (χ4v) is 3.36. The molecule has 0 bridgehead atoms. The number of aromatic nitrogens is 1.